The van der Waals surface area contributed by atoms with Crippen LogP contribution in [-0.4, -0.2) is 30.4 Å². The van der Waals surface area contributed by atoms with Crippen molar-refractivity contribution < 1.29 is 19.1 Å². The standard InChI is InChI=1S/C21H28N2O4/c1-14-8-7-11-18(15(14)2)23-20(25)13-27-21(26)19(22-16(3)24)12-17-9-5-4-6-10-17/h4-6,9-10,12,14-15,18H,7-8,11,13H2,1-3H3,(H,22,24)(H,23,25)/b19-12-. The van der Waals surface area contributed by atoms with Crippen molar-refractivity contribution in [1.82, 2.24) is 10.6 Å². The van der Waals surface area contributed by atoms with Gasteiger partial charge in [-0.05, 0) is 29.9 Å². The molecule has 1 aliphatic carbocycles. The van der Waals surface area contributed by atoms with E-state index in [9.17, 15) is 14.4 Å². The van der Waals surface area contributed by atoms with Gasteiger partial charge >= 0.3 is 5.97 Å². The maximum absolute atomic E-state index is 12.3. The van der Waals surface area contributed by atoms with E-state index in [1.54, 1.807) is 12.1 Å². The summed E-state index contributed by atoms with van der Waals surface area (Å²) >= 11 is 0. The Morgan fingerprint density at radius 1 is 1.15 bits per heavy atom. The van der Waals surface area contributed by atoms with E-state index < -0.39 is 5.97 Å². The monoisotopic (exact) mass is 372 g/mol. The summed E-state index contributed by atoms with van der Waals surface area (Å²) < 4.78 is 5.11. The van der Waals surface area contributed by atoms with Crippen LogP contribution in [0.2, 0.25) is 0 Å². The quantitative estimate of drug-likeness (QED) is 0.594. The van der Waals surface area contributed by atoms with Gasteiger partial charge in [0.25, 0.3) is 5.91 Å². The van der Waals surface area contributed by atoms with Gasteiger partial charge < -0.3 is 15.4 Å². The Hall–Kier alpha value is -2.63. The van der Waals surface area contributed by atoms with Gasteiger partial charge in [-0.1, -0.05) is 57.0 Å². The van der Waals surface area contributed by atoms with Gasteiger partial charge in [-0.25, -0.2) is 4.79 Å². The number of benzene rings is 1. The van der Waals surface area contributed by atoms with Crippen molar-refractivity contribution in [3.05, 3.63) is 41.6 Å². The Balaban J connectivity index is 1.93. The predicted octanol–water partition coefficient (Wildman–Crippen LogP) is 2.65. The molecule has 6 nitrogen and oxygen atoms in total. The second-order valence-corrected chi connectivity index (χ2v) is 7.17. The predicted molar refractivity (Wildman–Crippen MR) is 103 cm³/mol. The summed E-state index contributed by atoms with van der Waals surface area (Å²) in [7, 11) is 0. The average Bonchev–Trinajstić information content (AvgIpc) is 2.63. The fourth-order valence-corrected chi connectivity index (χ4v) is 3.29. The highest BCUT2D eigenvalue weighted by Gasteiger charge is 2.28. The molecule has 0 aliphatic heterocycles. The first-order chi connectivity index (χ1) is 12.9. The number of esters is 1. The molecule has 0 heterocycles. The highest BCUT2D eigenvalue weighted by atomic mass is 16.5. The number of hydrogen-bond acceptors (Lipinski definition) is 4. The lowest BCUT2D eigenvalue weighted by molar-refractivity contribution is -0.146. The van der Waals surface area contributed by atoms with Crippen LogP contribution in [-0.2, 0) is 19.1 Å². The van der Waals surface area contributed by atoms with Crippen LogP contribution < -0.4 is 10.6 Å². The van der Waals surface area contributed by atoms with Crippen LogP contribution in [0.1, 0.15) is 45.6 Å². The fraction of sp³-hybridized carbons (Fsp3) is 0.476. The minimum absolute atomic E-state index is 0.00107. The summed E-state index contributed by atoms with van der Waals surface area (Å²) in [6.45, 7) is 5.27. The SMILES string of the molecule is CC(=O)N/C(=C\c1ccccc1)C(=O)OCC(=O)NC1CCCC(C)C1C. The summed E-state index contributed by atoms with van der Waals surface area (Å²) in [5.74, 6) is -0.493. The molecule has 0 radical (unpaired) electrons. The Bertz CT molecular complexity index is 699. The highest BCUT2D eigenvalue weighted by molar-refractivity contribution is 5.98. The van der Waals surface area contributed by atoms with Crippen LogP contribution in [0, 0.1) is 11.8 Å². The molecular weight excluding hydrogens is 344 g/mol. The molecule has 2 amide bonds. The van der Waals surface area contributed by atoms with Crippen LogP contribution in [0.5, 0.6) is 0 Å². The molecule has 0 saturated heterocycles. The van der Waals surface area contributed by atoms with Gasteiger partial charge in [-0.15, -0.1) is 0 Å². The second-order valence-electron chi connectivity index (χ2n) is 7.17. The van der Waals surface area contributed by atoms with Crippen LogP contribution >= 0.6 is 0 Å². The van der Waals surface area contributed by atoms with E-state index in [-0.39, 0.29) is 30.2 Å². The van der Waals surface area contributed by atoms with Crippen molar-refractivity contribution in [2.45, 2.75) is 46.1 Å². The first-order valence-corrected chi connectivity index (χ1v) is 9.37. The lowest BCUT2D eigenvalue weighted by atomic mass is 9.78. The topological polar surface area (TPSA) is 84.5 Å². The Morgan fingerprint density at radius 3 is 2.52 bits per heavy atom. The van der Waals surface area contributed by atoms with Crippen molar-refractivity contribution in [1.29, 1.82) is 0 Å². The highest BCUT2D eigenvalue weighted by Crippen LogP contribution is 2.29. The van der Waals surface area contributed by atoms with Gasteiger partial charge in [0.1, 0.15) is 5.70 Å². The normalized spacial score (nSPS) is 22.6. The molecule has 146 valence electrons. The minimum Gasteiger partial charge on any atom is -0.451 e. The van der Waals surface area contributed by atoms with Crippen LogP contribution in [0.3, 0.4) is 0 Å². The molecule has 1 saturated carbocycles. The van der Waals surface area contributed by atoms with E-state index in [0.717, 1.165) is 18.4 Å². The number of amides is 2. The number of rotatable bonds is 6. The fourth-order valence-electron chi connectivity index (χ4n) is 3.29. The zero-order valence-corrected chi connectivity index (χ0v) is 16.2. The molecule has 1 aliphatic rings. The third-order valence-corrected chi connectivity index (χ3v) is 5.03. The van der Waals surface area contributed by atoms with E-state index >= 15 is 0 Å². The third kappa shape index (κ3) is 6.55. The molecule has 2 rings (SSSR count). The molecular formula is C21H28N2O4. The van der Waals surface area contributed by atoms with Gasteiger partial charge in [-0.3, -0.25) is 9.59 Å². The Kier molecular flexibility index (Phi) is 7.58. The van der Waals surface area contributed by atoms with E-state index in [1.807, 2.05) is 18.2 Å². The van der Waals surface area contributed by atoms with Crippen LogP contribution in [0.4, 0.5) is 0 Å². The number of carbonyl (C=O) groups excluding carboxylic acids is 3. The molecule has 1 aromatic rings. The number of ether oxygens (including phenoxy) is 1. The molecule has 6 heteroatoms. The maximum atomic E-state index is 12.3. The second kappa shape index (κ2) is 9.90. The Morgan fingerprint density at radius 2 is 1.85 bits per heavy atom. The summed E-state index contributed by atoms with van der Waals surface area (Å²) in [6.07, 6.45) is 4.72. The first kappa shape index (κ1) is 20.7. The van der Waals surface area contributed by atoms with E-state index in [1.165, 1.54) is 19.4 Å². The van der Waals surface area contributed by atoms with E-state index in [0.29, 0.717) is 11.8 Å². The van der Waals surface area contributed by atoms with Crippen molar-refractivity contribution in [3.63, 3.8) is 0 Å². The first-order valence-electron chi connectivity index (χ1n) is 9.37. The maximum Gasteiger partial charge on any atom is 0.355 e. The summed E-state index contributed by atoms with van der Waals surface area (Å²) in [5, 5.41) is 5.42. The Labute approximate surface area is 160 Å². The van der Waals surface area contributed by atoms with Crippen molar-refractivity contribution in [2.75, 3.05) is 6.61 Å². The van der Waals surface area contributed by atoms with E-state index in [2.05, 4.69) is 24.5 Å². The third-order valence-electron chi connectivity index (χ3n) is 5.03. The molecule has 3 unspecified atom stereocenters. The summed E-state index contributed by atoms with van der Waals surface area (Å²) in [5.41, 5.74) is 0.744. The largest absolute Gasteiger partial charge is 0.451 e. The van der Waals surface area contributed by atoms with Gasteiger partial charge in [0, 0.05) is 13.0 Å². The lowest BCUT2D eigenvalue weighted by Crippen LogP contribution is -2.45. The summed E-state index contributed by atoms with van der Waals surface area (Å²) in [6, 6.07) is 9.20. The smallest absolute Gasteiger partial charge is 0.355 e. The van der Waals surface area contributed by atoms with Crippen molar-refractivity contribution in [3.8, 4) is 0 Å². The van der Waals surface area contributed by atoms with Gasteiger partial charge in [0.2, 0.25) is 5.91 Å². The molecule has 1 fully saturated rings. The van der Waals surface area contributed by atoms with Gasteiger partial charge in [0.15, 0.2) is 6.61 Å². The zero-order chi connectivity index (χ0) is 19.8. The molecule has 3 atom stereocenters. The van der Waals surface area contributed by atoms with E-state index in [4.69, 9.17) is 4.74 Å². The summed E-state index contributed by atoms with van der Waals surface area (Å²) in [4.78, 5) is 35.9. The molecule has 0 bridgehead atoms. The van der Waals surface area contributed by atoms with Crippen LogP contribution in [0.25, 0.3) is 6.08 Å². The lowest BCUT2D eigenvalue weighted by Gasteiger charge is -2.34. The van der Waals surface area contributed by atoms with Crippen molar-refractivity contribution in [2.24, 2.45) is 11.8 Å². The molecule has 27 heavy (non-hydrogen) atoms. The zero-order valence-electron chi connectivity index (χ0n) is 16.2. The number of carbonyl (C=O) groups is 3. The van der Waals surface area contributed by atoms with Crippen molar-refractivity contribution >= 4 is 23.9 Å². The molecule has 0 aromatic heterocycles. The van der Waals surface area contributed by atoms with Gasteiger partial charge in [0.05, 0.1) is 0 Å². The molecule has 1 aromatic carbocycles. The van der Waals surface area contributed by atoms with Gasteiger partial charge in [-0.2, -0.15) is 0 Å². The number of hydrogen-bond donors (Lipinski definition) is 2. The molecule has 2 N–H and O–H groups in total. The number of nitrogens with one attached hydrogen (secondary N) is 2. The van der Waals surface area contributed by atoms with Crippen LogP contribution in [0.15, 0.2) is 36.0 Å². The minimum atomic E-state index is -0.741. The average molecular weight is 372 g/mol. The molecule has 0 spiro atoms.